The fourth-order valence-electron chi connectivity index (χ4n) is 0.846. The van der Waals surface area contributed by atoms with Crippen LogP contribution < -0.4 is 5.32 Å². The van der Waals surface area contributed by atoms with E-state index in [9.17, 15) is 18.0 Å². The molecule has 1 amide bonds. The van der Waals surface area contributed by atoms with Crippen molar-refractivity contribution in [2.45, 2.75) is 19.6 Å². The van der Waals surface area contributed by atoms with Crippen LogP contribution in [0.4, 0.5) is 13.2 Å². The molecule has 0 aliphatic heterocycles. The molecule has 0 bridgehead atoms. The first-order chi connectivity index (χ1) is 6.41. The third-order valence-corrected chi connectivity index (χ3v) is 2.66. The van der Waals surface area contributed by atoms with Gasteiger partial charge >= 0.3 is 12.1 Å². The van der Waals surface area contributed by atoms with E-state index < -0.39 is 12.1 Å². The molecule has 0 radical (unpaired) electrons. The van der Waals surface area contributed by atoms with Crippen molar-refractivity contribution in [3.8, 4) is 0 Å². The fourth-order valence-corrected chi connectivity index (χ4v) is 1.69. The van der Waals surface area contributed by atoms with Crippen LogP contribution in [0.3, 0.4) is 0 Å². The number of alkyl halides is 3. The summed E-state index contributed by atoms with van der Waals surface area (Å²) in [4.78, 5) is 11.2. The number of hydrogen-bond donors (Lipinski definition) is 1. The minimum atomic E-state index is -4.80. The molecule has 0 aromatic carbocycles. The molecular weight excluding hydrogens is 215 g/mol. The van der Waals surface area contributed by atoms with Gasteiger partial charge in [-0.05, 0) is 23.9 Å². The van der Waals surface area contributed by atoms with Crippen LogP contribution in [0.2, 0.25) is 0 Å². The predicted octanol–water partition coefficient (Wildman–Crippen LogP) is 2.24. The number of amides is 1. The zero-order valence-electron chi connectivity index (χ0n) is 7.31. The van der Waals surface area contributed by atoms with Crippen LogP contribution in [0.15, 0.2) is 11.4 Å². The van der Waals surface area contributed by atoms with Gasteiger partial charge in [-0.25, -0.2) is 0 Å². The molecule has 6 heteroatoms. The third kappa shape index (κ3) is 2.73. The van der Waals surface area contributed by atoms with Crippen LogP contribution in [0.25, 0.3) is 0 Å². The van der Waals surface area contributed by atoms with Crippen molar-refractivity contribution in [3.63, 3.8) is 0 Å². The van der Waals surface area contributed by atoms with Crippen LogP contribution in [0, 0.1) is 6.92 Å². The maximum absolute atomic E-state index is 11.8. The summed E-state index contributed by atoms with van der Waals surface area (Å²) in [5, 5.41) is 3.58. The molecule has 0 aliphatic carbocycles. The second-order valence-corrected chi connectivity index (χ2v) is 3.71. The average Bonchev–Trinajstić information content (AvgIpc) is 2.45. The maximum Gasteiger partial charge on any atom is 0.471 e. The first kappa shape index (κ1) is 11.0. The van der Waals surface area contributed by atoms with E-state index >= 15 is 0 Å². The lowest BCUT2D eigenvalue weighted by molar-refractivity contribution is -0.173. The summed E-state index contributed by atoms with van der Waals surface area (Å²) in [7, 11) is 0. The van der Waals surface area contributed by atoms with Gasteiger partial charge in [0.2, 0.25) is 0 Å². The number of halogens is 3. The van der Waals surface area contributed by atoms with Gasteiger partial charge in [0.1, 0.15) is 0 Å². The maximum atomic E-state index is 11.8. The Balaban J connectivity index is 2.50. The van der Waals surface area contributed by atoms with Crippen molar-refractivity contribution >= 4 is 17.2 Å². The standard InChI is InChI=1S/C8H8F3NOS/c1-5-2-3-14-6(5)4-12-7(13)8(9,10)11/h2-3H,4H2,1H3,(H,12,13). The van der Waals surface area contributed by atoms with E-state index in [0.717, 1.165) is 10.4 Å². The Morgan fingerprint density at radius 1 is 1.57 bits per heavy atom. The molecule has 0 fully saturated rings. The molecule has 1 aromatic rings. The Labute approximate surface area is 82.7 Å². The van der Waals surface area contributed by atoms with E-state index in [1.807, 2.05) is 5.32 Å². The summed E-state index contributed by atoms with van der Waals surface area (Å²) < 4.78 is 35.3. The molecule has 0 aliphatic rings. The summed E-state index contributed by atoms with van der Waals surface area (Å²) in [5.41, 5.74) is 0.887. The molecule has 2 nitrogen and oxygen atoms in total. The second kappa shape index (κ2) is 4.00. The topological polar surface area (TPSA) is 29.1 Å². The van der Waals surface area contributed by atoms with Gasteiger partial charge in [-0.1, -0.05) is 0 Å². The minimum absolute atomic E-state index is 0.0676. The molecule has 1 N–H and O–H groups in total. The van der Waals surface area contributed by atoms with Crippen molar-refractivity contribution in [3.05, 3.63) is 21.9 Å². The second-order valence-electron chi connectivity index (χ2n) is 2.71. The van der Waals surface area contributed by atoms with Crippen LogP contribution in [-0.2, 0) is 11.3 Å². The van der Waals surface area contributed by atoms with Gasteiger partial charge < -0.3 is 5.32 Å². The number of rotatable bonds is 2. The van der Waals surface area contributed by atoms with Crippen LogP contribution >= 0.6 is 11.3 Å². The largest absolute Gasteiger partial charge is 0.471 e. The van der Waals surface area contributed by atoms with Gasteiger partial charge in [-0.3, -0.25) is 4.79 Å². The van der Waals surface area contributed by atoms with Crippen molar-refractivity contribution < 1.29 is 18.0 Å². The Morgan fingerprint density at radius 3 is 2.64 bits per heavy atom. The van der Waals surface area contributed by atoms with E-state index in [0.29, 0.717) is 0 Å². The van der Waals surface area contributed by atoms with E-state index in [-0.39, 0.29) is 6.54 Å². The molecule has 0 atom stereocenters. The van der Waals surface area contributed by atoms with Gasteiger partial charge in [0, 0.05) is 4.88 Å². The van der Waals surface area contributed by atoms with E-state index in [4.69, 9.17) is 0 Å². The highest BCUT2D eigenvalue weighted by Gasteiger charge is 2.38. The van der Waals surface area contributed by atoms with Gasteiger partial charge in [-0.2, -0.15) is 13.2 Å². The zero-order valence-corrected chi connectivity index (χ0v) is 8.13. The Morgan fingerprint density at radius 2 is 2.21 bits per heavy atom. The highest BCUT2D eigenvalue weighted by Crippen LogP contribution is 2.17. The van der Waals surface area contributed by atoms with Gasteiger partial charge in [0.15, 0.2) is 0 Å². The van der Waals surface area contributed by atoms with Crippen molar-refractivity contribution in [2.24, 2.45) is 0 Å². The van der Waals surface area contributed by atoms with Crippen LogP contribution in [-0.4, -0.2) is 12.1 Å². The molecule has 14 heavy (non-hydrogen) atoms. The Bertz CT molecular complexity index is 332. The van der Waals surface area contributed by atoms with E-state index in [2.05, 4.69) is 0 Å². The molecule has 1 heterocycles. The van der Waals surface area contributed by atoms with Gasteiger partial charge in [0.05, 0.1) is 6.54 Å². The molecule has 1 aromatic heterocycles. The van der Waals surface area contributed by atoms with E-state index in [1.54, 1.807) is 18.4 Å². The summed E-state index contributed by atoms with van der Waals surface area (Å²) >= 11 is 1.32. The molecule has 0 unspecified atom stereocenters. The summed E-state index contributed by atoms with van der Waals surface area (Å²) in [5.74, 6) is -1.90. The summed E-state index contributed by atoms with van der Waals surface area (Å²) in [6.07, 6.45) is -4.80. The SMILES string of the molecule is Cc1ccsc1CNC(=O)C(F)(F)F. The number of hydrogen-bond acceptors (Lipinski definition) is 2. The summed E-state index contributed by atoms with van der Waals surface area (Å²) in [6, 6.07) is 1.79. The van der Waals surface area contributed by atoms with Crippen molar-refractivity contribution in [1.29, 1.82) is 0 Å². The Hall–Kier alpha value is -1.04. The van der Waals surface area contributed by atoms with Gasteiger partial charge in [0.25, 0.3) is 0 Å². The lowest BCUT2D eigenvalue weighted by atomic mass is 10.3. The number of nitrogens with one attached hydrogen (secondary N) is 1. The molecule has 0 saturated heterocycles. The van der Waals surface area contributed by atoms with Crippen molar-refractivity contribution in [2.75, 3.05) is 0 Å². The number of aryl methyl sites for hydroxylation is 1. The zero-order chi connectivity index (χ0) is 10.8. The summed E-state index contributed by atoms with van der Waals surface area (Å²) in [6.45, 7) is 1.72. The first-order valence-electron chi connectivity index (χ1n) is 3.79. The quantitative estimate of drug-likeness (QED) is 0.818. The molecular formula is C8H8F3NOS. The predicted molar refractivity (Wildman–Crippen MR) is 47.0 cm³/mol. The van der Waals surface area contributed by atoms with Crippen LogP contribution in [0.1, 0.15) is 10.4 Å². The van der Waals surface area contributed by atoms with E-state index in [1.165, 1.54) is 11.3 Å². The average molecular weight is 223 g/mol. The van der Waals surface area contributed by atoms with Crippen LogP contribution in [0.5, 0.6) is 0 Å². The smallest absolute Gasteiger partial charge is 0.343 e. The molecule has 0 spiro atoms. The minimum Gasteiger partial charge on any atom is -0.343 e. The number of carbonyl (C=O) groups excluding carboxylic acids is 1. The lowest BCUT2D eigenvalue weighted by Gasteiger charge is -2.06. The normalized spacial score (nSPS) is 11.4. The molecule has 0 saturated carbocycles. The number of carbonyl (C=O) groups is 1. The van der Waals surface area contributed by atoms with Gasteiger partial charge in [-0.15, -0.1) is 11.3 Å². The first-order valence-corrected chi connectivity index (χ1v) is 4.67. The number of thiophene rings is 1. The highest BCUT2D eigenvalue weighted by molar-refractivity contribution is 7.10. The third-order valence-electron chi connectivity index (χ3n) is 1.64. The Kier molecular flexibility index (Phi) is 3.15. The fraction of sp³-hybridized carbons (Fsp3) is 0.375. The molecule has 1 rings (SSSR count). The monoisotopic (exact) mass is 223 g/mol. The highest BCUT2D eigenvalue weighted by atomic mass is 32.1. The van der Waals surface area contributed by atoms with Crippen molar-refractivity contribution in [1.82, 2.24) is 5.32 Å². The lowest BCUT2D eigenvalue weighted by Crippen LogP contribution is -2.36. The molecule has 78 valence electrons.